The van der Waals surface area contributed by atoms with Crippen molar-refractivity contribution in [3.05, 3.63) is 16.4 Å². The lowest BCUT2D eigenvalue weighted by Gasteiger charge is -2.17. The zero-order valence-electron chi connectivity index (χ0n) is 10.4. The zero-order valence-corrected chi connectivity index (χ0v) is 11.1. The number of aliphatic hydroxyl groups is 1. The molecule has 1 N–H and O–H groups in total. The molecule has 0 bridgehead atoms. The Morgan fingerprint density at radius 3 is 2.62 bits per heavy atom. The molecule has 16 heavy (non-hydrogen) atoms. The van der Waals surface area contributed by atoms with Crippen molar-refractivity contribution in [1.29, 1.82) is 0 Å². The number of hydrogen-bond acceptors (Lipinski definition) is 3. The van der Waals surface area contributed by atoms with Crippen LogP contribution in [0.4, 0.5) is 0 Å². The zero-order chi connectivity index (χ0) is 12.3. The third-order valence-electron chi connectivity index (χ3n) is 2.61. The molecular formula is C11H20ClN3O. The molecule has 5 heteroatoms. The van der Waals surface area contributed by atoms with Crippen molar-refractivity contribution in [2.24, 2.45) is 7.05 Å². The maximum atomic E-state index is 9.21. The van der Waals surface area contributed by atoms with E-state index in [1.165, 1.54) is 0 Å². The molecule has 4 nitrogen and oxygen atoms in total. The van der Waals surface area contributed by atoms with Gasteiger partial charge < -0.3 is 10.0 Å². The van der Waals surface area contributed by atoms with Gasteiger partial charge in [-0.3, -0.25) is 4.68 Å². The standard InChI is InChI=1S/C11H20ClN3O/c1-8(16)5-6-14(3)7-10-11(12)9(2)13-15(10)4/h8,16H,5-7H2,1-4H3. The first-order chi connectivity index (χ1) is 7.41. The van der Waals surface area contributed by atoms with Crippen LogP contribution in [0.25, 0.3) is 0 Å². The molecule has 1 unspecified atom stereocenters. The van der Waals surface area contributed by atoms with Crippen molar-refractivity contribution in [3.63, 3.8) is 0 Å². The molecule has 0 radical (unpaired) electrons. The number of halogens is 1. The Labute approximate surface area is 102 Å². The summed E-state index contributed by atoms with van der Waals surface area (Å²) in [5, 5.41) is 14.2. The van der Waals surface area contributed by atoms with Crippen LogP contribution in [0, 0.1) is 6.92 Å². The van der Waals surface area contributed by atoms with Crippen molar-refractivity contribution in [1.82, 2.24) is 14.7 Å². The van der Waals surface area contributed by atoms with Gasteiger partial charge in [0.1, 0.15) is 0 Å². The van der Waals surface area contributed by atoms with E-state index in [4.69, 9.17) is 11.6 Å². The van der Waals surface area contributed by atoms with E-state index in [1.54, 1.807) is 6.92 Å². The Hall–Kier alpha value is -0.580. The van der Waals surface area contributed by atoms with E-state index < -0.39 is 0 Å². The molecular weight excluding hydrogens is 226 g/mol. The van der Waals surface area contributed by atoms with Crippen LogP contribution < -0.4 is 0 Å². The minimum Gasteiger partial charge on any atom is -0.393 e. The number of aromatic nitrogens is 2. The number of aryl methyl sites for hydroxylation is 2. The summed E-state index contributed by atoms with van der Waals surface area (Å²) in [5.74, 6) is 0. The Balaban J connectivity index is 2.59. The molecule has 0 saturated heterocycles. The largest absolute Gasteiger partial charge is 0.393 e. The molecule has 0 saturated carbocycles. The highest BCUT2D eigenvalue weighted by atomic mass is 35.5. The van der Waals surface area contributed by atoms with Gasteiger partial charge in [-0.15, -0.1) is 0 Å². The molecule has 0 spiro atoms. The molecule has 1 aromatic rings. The SMILES string of the molecule is Cc1nn(C)c(CN(C)CCC(C)O)c1Cl. The Morgan fingerprint density at radius 1 is 1.56 bits per heavy atom. The van der Waals surface area contributed by atoms with E-state index in [0.29, 0.717) is 0 Å². The fourth-order valence-electron chi connectivity index (χ4n) is 1.59. The topological polar surface area (TPSA) is 41.3 Å². The molecule has 0 aromatic carbocycles. The van der Waals surface area contributed by atoms with Crippen LogP contribution in [-0.2, 0) is 13.6 Å². The lowest BCUT2D eigenvalue weighted by molar-refractivity contribution is 0.162. The predicted octanol–water partition coefficient (Wildman–Crippen LogP) is 1.58. The summed E-state index contributed by atoms with van der Waals surface area (Å²) >= 11 is 6.16. The second kappa shape index (κ2) is 5.66. The minimum atomic E-state index is -0.258. The second-order valence-electron chi connectivity index (χ2n) is 4.35. The van der Waals surface area contributed by atoms with Crippen LogP contribution >= 0.6 is 11.6 Å². The molecule has 0 aliphatic heterocycles. The molecule has 92 valence electrons. The van der Waals surface area contributed by atoms with Crippen LogP contribution in [0.1, 0.15) is 24.7 Å². The van der Waals surface area contributed by atoms with E-state index in [9.17, 15) is 5.11 Å². The number of aliphatic hydroxyl groups excluding tert-OH is 1. The Morgan fingerprint density at radius 2 is 2.19 bits per heavy atom. The fraction of sp³-hybridized carbons (Fsp3) is 0.727. The quantitative estimate of drug-likeness (QED) is 0.857. The smallest absolute Gasteiger partial charge is 0.0860 e. The molecule has 0 fully saturated rings. The summed E-state index contributed by atoms with van der Waals surface area (Å²) in [7, 11) is 3.91. The van der Waals surface area contributed by atoms with E-state index in [2.05, 4.69) is 10.00 Å². The van der Waals surface area contributed by atoms with Gasteiger partial charge in [-0.25, -0.2) is 0 Å². The van der Waals surface area contributed by atoms with Crippen LogP contribution in [0.3, 0.4) is 0 Å². The normalized spacial score (nSPS) is 13.4. The first-order valence-electron chi connectivity index (χ1n) is 5.46. The summed E-state index contributed by atoms with van der Waals surface area (Å²) in [6.45, 7) is 5.30. The van der Waals surface area contributed by atoms with Crippen molar-refractivity contribution in [3.8, 4) is 0 Å². The lowest BCUT2D eigenvalue weighted by Crippen LogP contribution is -2.23. The lowest BCUT2D eigenvalue weighted by atomic mass is 10.2. The molecule has 1 atom stereocenters. The molecule has 0 amide bonds. The first-order valence-corrected chi connectivity index (χ1v) is 5.84. The van der Waals surface area contributed by atoms with Crippen molar-refractivity contribution < 1.29 is 5.11 Å². The van der Waals surface area contributed by atoms with Gasteiger partial charge in [0.15, 0.2) is 0 Å². The third kappa shape index (κ3) is 3.47. The van der Waals surface area contributed by atoms with Gasteiger partial charge >= 0.3 is 0 Å². The highest BCUT2D eigenvalue weighted by Crippen LogP contribution is 2.20. The summed E-state index contributed by atoms with van der Waals surface area (Å²) in [6.07, 6.45) is 0.511. The van der Waals surface area contributed by atoms with Gasteiger partial charge in [-0.05, 0) is 27.3 Å². The maximum Gasteiger partial charge on any atom is 0.0860 e. The molecule has 1 rings (SSSR count). The summed E-state index contributed by atoms with van der Waals surface area (Å²) in [5.41, 5.74) is 1.88. The molecule has 1 aromatic heterocycles. The van der Waals surface area contributed by atoms with Crippen LogP contribution in [0.5, 0.6) is 0 Å². The molecule has 0 aliphatic rings. The summed E-state index contributed by atoms with van der Waals surface area (Å²) in [6, 6.07) is 0. The van der Waals surface area contributed by atoms with Gasteiger partial charge in [0.25, 0.3) is 0 Å². The van der Waals surface area contributed by atoms with Crippen LogP contribution in [0.15, 0.2) is 0 Å². The average molecular weight is 246 g/mol. The number of rotatable bonds is 5. The monoisotopic (exact) mass is 245 g/mol. The summed E-state index contributed by atoms with van der Waals surface area (Å²) in [4.78, 5) is 2.13. The minimum absolute atomic E-state index is 0.258. The highest BCUT2D eigenvalue weighted by Gasteiger charge is 2.13. The van der Waals surface area contributed by atoms with Gasteiger partial charge in [-0.1, -0.05) is 11.6 Å². The van der Waals surface area contributed by atoms with Gasteiger partial charge in [0, 0.05) is 20.1 Å². The van der Waals surface area contributed by atoms with Crippen LogP contribution in [0.2, 0.25) is 5.02 Å². The van der Waals surface area contributed by atoms with Crippen LogP contribution in [-0.4, -0.2) is 39.5 Å². The van der Waals surface area contributed by atoms with E-state index in [0.717, 1.165) is 35.9 Å². The Kier molecular flexibility index (Phi) is 4.77. The second-order valence-corrected chi connectivity index (χ2v) is 4.72. The number of nitrogens with zero attached hydrogens (tertiary/aromatic N) is 3. The van der Waals surface area contributed by atoms with Crippen molar-refractivity contribution in [2.75, 3.05) is 13.6 Å². The Bertz CT molecular complexity index is 349. The van der Waals surface area contributed by atoms with E-state index >= 15 is 0 Å². The summed E-state index contributed by atoms with van der Waals surface area (Å²) < 4.78 is 1.82. The van der Waals surface area contributed by atoms with Gasteiger partial charge in [0.2, 0.25) is 0 Å². The fourth-order valence-corrected chi connectivity index (χ4v) is 1.81. The number of hydrogen-bond donors (Lipinski definition) is 1. The van der Waals surface area contributed by atoms with E-state index in [-0.39, 0.29) is 6.10 Å². The highest BCUT2D eigenvalue weighted by molar-refractivity contribution is 6.31. The van der Waals surface area contributed by atoms with E-state index in [1.807, 2.05) is 25.7 Å². The molecule has 1 heterocycles. The molecule has 0 aliphatic carbocycles. The van der Waals surface area contributed by atoms with Gasteiger partial charge in [-0.2, -0.15) is 5.10 Å². The maximum absolute atomic E-state index is 9.21. The van der Waals surface area contributed by atoms with Gasteiger partial charge in [0.05, 0.1) is 22.5 Å². The average Bonchev–Trinajstić information content (AvgIpc) is 2.42. The third-order valence-corrected chi connectivity index (χ3v) is 3.10. The predicted molar refractivity (Wildman–Crippen MR) is 65.6 cm³/mol. The van der Waals surface area contributed by atoms with Crippen molar-refractivity contribution in [2.45, 2.75) is 32.9 Å². The first kappa shape index (κ1) is 13.5. The van der Waals surface area contributed by atoms with Crippen molar-refractivity contribution >= 4 is 11.6 Å².